The van der Waals surface area contributed by atoms with Gasteiger partial charge < -0.3 is 15.4 Å². The zero-order chi connectivity index (χ0) is 26.5. The normalized spacial score (nSPS) is 10.8. The summed E-state index contributed by atoms with van der Waals surface area (Å²) in [6, 6.07) is 29.7. The molecule has 5 rings (SSSR count). The van der Waals surface area contributed by atoms with Gasteiger partial charge in [-0.05, 0) is 53.6 Å². The van der Waals surface area contributed by atoms with Gasteiger partial charge in [-0.15, -0.1) is 11.3 Å². The van der Waals surface area contributed by atoms with Gasteiger partial charge in [0.15, 0.2) is 5.75 Å². The zero-order valence-corrected chi connectivity index (χ0v) is 22.4. The lowest BCUT2D eigenvalue weighted by molar-refractivity contribution is 0.0950. The summed E-state index contributed by atoms with van der Waals surface area (Å²) in [4.78, 5) is 26.4. The van der Waals surface area contributed by atoms with Crippen LogP contribution in [0.3, 0.4) is 0 Å². The van der Waals surface area contributed by atoms with Crippen molar-refractivity contribution in [2.45, 2.75) is 13.2 Å². The van der Waals surface area contributed by atoms with Crippen LogP contribution in [-0.4, -0.2) is 11.8 Å². The van der Waals surface area contributed by atoms with Crippen molar-refractivity contribution in [1.29, 1.82) is 0 Å². The molecule has 0 unspecified atom stereocenters. The molecule has 5 aromatic rings. The molecule has 4 aromatic carbocycles. The van der Waals surface area contributed by atoms with E-state index in [-0.39, 0.29) is 18.4 Å². The number of benzene rings is 4. The zero-order valence-electron chi connectivity index (χ0n) is 20.0. The van der Waals surface area contributed by atoms with Crippen molar-refractivity contribution >= 4 is 62.1 Å². The molecule has 190 valence electrons. The Morgan fingerprint density at radius 2 is 1.53 bits per heavy atom. The van der Waals surface area contributed by atoms with Crippen LogP contribution in [0.25, 0.3) is 10.1 Å². The number of carbonyl (C=O) groups excluding carboxylic acids is 2. The van der Waals surface area contributed by atoms with E-state index >= 15 is 0 Å². The van der Waals surface area contributed by atoms with Crippen LogP contribution in [0.15, 0.2) is 97.1 Å². The summed E-state index contributed by atoms with van der Waals surface area (Å²) < 4.78 is 7.13. The Morgan fingerprint density at radius 3 is 2.34 bits per heavy atom. The molecular formula is C30H22Cl2N2O3S. The molecule has 8 heteroatoms. The summed E-state index contributed by atoms with van der Waals surface area (Å²) in [5.74, 6) is 0.0457. The van der Waals surface area contributed by atoms with Crippen LogP contribution >= 0.6 is 34.5 Å². The lowest BCUT2D eigenvalue weighted by Crippen LogP contribution is -2.22. The molecule has 0 aliphatic heterocycles. The molecule has 1 aromatic heterocycles. The maximum Gasteiger partial charge on any atom is 0.265 e. The molecule has 2 amide bonds. The minimum absolute atomic E-state index is 0.223. The van der Waals surface area contributed by atoms with Gasteiger partial charge in [-0.1, -0.05) is 77.8 Å². The summed E-state index contributed by atoms with van der Waals surface area (Å²) >= 11 is 13.4. The van der Waals surface area contributed by atoms with Gasteiger partial charge in [0.2, 0.25) is 0 Å². The number of fused-ring (bicyclic) bond motifs is 1. The summed E-state index contributed by atoms with van der Waals surface area (Å²) in [5.41, 5.74) is 2.85. The Labute approximate surface area is 234 Å². The van der Waals surface area contributed by atoms with Gasteiger partial charge in [-0.25, -0.2) is 0 Å². The predicted molar refractivity (Wildman–Crippen MR) is 155 cm³/mol. The number of anilines is 1. The topological polar surface area (TPSA) is 67.4 Å². The second-order valence-electron chi connectivity index (χ2n) is 8.50. The second-order valence-corrected chi connectivity index (χ2v) is 10.4. The molecule has 0 radical (unpaired) electrons. The van der Waals surface area contributed by atoms with Crippen molar-refractivity contribution in [2.75, 3.05) is 5.32 Å². The van der Waals surface area contributed by atoms with E-state index in [1.165, 1.54) is 17.4 Å². The monoisotopic (exact) mass is 560 g/mol. The van der Waals surface area contributed by atoms with Crippen molar-refractivity contribution in [1.82, 2.24) is 5.32 Å². The summed E-state index contributed by atoms with van der Waals surface area (Å²) in [5, 5.41) is 7.44. The third-order valence-corrected chi connectivity index (χ3v) is 7.69. The molecule has 0 atom stereocenters. The maximum absolute atomic E-state index is 13.3. The third-order valence-electron chi connectivity index (χ3n) is 5.80. The molecular weight excluding hydrogens is 539 g/mol. The van der Waals surface area contributed by atoms with E-state index in [1.54, 1.807) is 18.2 Å². The average Bonchev–Trinajstić information content (AvgIpc) is 3.31. The van der Waals surface area contributed by atoms with E-state index in [9.17, 15) is 9.59 Å². The number of hydrogen-bond donors (Lipinski definition) is 2. The van der Waals surface area contributed by atoms with Gasteiger partial charge in [0.1, 0.15) is 11.5 Å². The predicted octanol–water partition coefficient (Wildman–Crippen LogP) is 7.97. The lowest BCUT2D eigenvalue weighted by Gasteiger charge is -2.10. The number of rotatable bonds is 8. The Kier molecular flexibility index (Phi) is 7.94. The first-order chi connectivity index (χ1) is 18.5. The Morgan fingerprint density at radius 1 is 0.763 bits per heavy atom. The number of amides is 2. The van der Waals surface area contributed by atoms with Gasteiger partial charge in [0.05, 0.1) is 10.0 Å². The Hall–Kier alpha value is -3.84. The van der Waals surface area contributed by atoms with E-state index in [0.29, 0.717) is 38.5 Å². The van der Waals surface area contributed by atoms with Crippen molar-refractivity contribution < 1.29 is 14.3 Å². The van der Waals surface area contributed by atoms with Crippen LogP contribution in [-0.2, 0) is 13.2 Å². The number of ether oxygens (including phenoxy) is 1. The van der Waals surface area contributed by atoms with Crippen molar-refractivity contribution in [3.05, 3.63) is 129 Å². The number of hydrogen-bond acceptors (Lipinski definition) is 4. The fourth-order valence-electron chi connectivity index (χ4n) is 3.91. The summed E-state index contributed by atoms with van der Waals surface area (Å²) in [7, 11) is 0. The van der Waals surface area contributed by atoms with Crippen LogP contribution in [0.5, 0.6) is 5.75 Å². The second kappa shape index (κ2) is 11.7. The Balaban J connectivity index is 1.28. The van der Waals surface area contributed by atoms with E-state index in [2.05, 4.69) is 10.6 Å². The van der Waals surface area contributed by atoms with E-state index < -0.39 is 0 Å². The third kappa shape index (κ3) is 6.00. The van der Waals surface area contributed by atoms with Gasteiger partial charge in [0, 0.05) is 27.9 Å². The SMILES string of the molecule is O=C(Nc1cccc(CNC(=O)c2sc3ccccc3c2OCc2ccccc2)c1)c1ccc(Cl)c(Cl)c1. The summed E-state index contributed by atoms with van der Waals surface area (Å²) in [6.45, 7) is 0.643. The fourth-order valence-corrected chi connectivity index (χ4v) is 5.27. The van der Waals surface area contributed by atoms with Gasteiger partial charge in [-0.2, -0.15) is 0 Å². The molecule has 0 saturated heterocycles. The first-order valence-electron chi connectivity index (χ1n) is 11.8. The Bertz CT molecular complexity index is 1620. The highest BCUT2D eigenvalue weighted by Crippen LogP contribution is 2.38. The van der Waals surface area contributed by atoms with Gasteiger partial charge in [-0.3, -0.25) is 9.59 Å². The molecule has 5 nitrogen and oxygen atoms in total. The van der Waals surface area contributed by atoms with Crippen molar-refractivity contribution in [3.8, 4) is 5.75 Å². The minimum atomic E-state index is -0.310. The molecule has 38 heavy (non-hydrogen) atoms. The highest BCUT2D eigenvalue weighted by atomic mass is 35.5. The number of nitrogens with one attached hydrogen (secondary N) is 2. The van der Waals surface area contributed by atoms with Crippen LogP contribution in [0, 0.1) is 0 Å². The number of carbonyl (C=O) groups is 2. The largest absolute Gasteiger partial charge is 0.487 e. The highest BCUT2D eigenvalue weighted by molar-refractivity contribution is 7.21. The lowest BCUT2D eigenvalue weighted by atomic mass is 10.1. The molecule has 0 saturated carbocycles. The fraction of sp³-hybridized carbons (Fsp3) is 0.0667. The maximum atomic E-state index is 13.3. The first kappa shape index (κ1) is 25.8. The van der Waals surface area contributed by atoms with E-state index in [0.717, 1.165) is 21.2 Å². The molecule has 0 spiro atoms. The van der Waals surface area contributed by atoms with Crippen LogP contribution in [0.4, 0.5) is 5.69 Å². The number of halogens is 2. The standard InChI is InChI=1S/C30H22Cl2N2O3S/c31-24-14-13-21(16-25(24)32)29(35)34-22-10-6-9-20(15-22)17-33-30(36)28-27(23-11-4-5-12-26(23)38-28)37-18-19-7-2-1-3-8-19/h1-16H,17-18H2,(H,33,36)(H,34,35). The smallest absolute Gasteiger partial charge is 0.265 e. The molecule has 0 aliphatic carbocycles. The van der Waals surface area contributed by atoms with Crippen molar-refractivity contribution in [2.24, 2.45) is 0 Å². The number of thiophene rings is 1. The molecule has 1 heterocycles. The quantitative estimate of drug-likeness (QED) is 0.202. The van der Waals surface area contributed by atoms with Gasteiger partial charge >= 0.3 is 0 Å². The molecule has 0 bridgehead atoms. The van der Waals surface area contributed by atoms with Crippen LogP contribution < -0.4 is 15.4 Å². The van der Waals surface area contributed by atoms with Crippen LogP contribution in [0.2, 0.25) is 10.0 Å². The van der Waals surface area contributed by atoms with Gasteiger partial charge in [0.25, 0.3) is 11.8 Å². The van der Waals surface area contributed by atoms with Crippen LogP contribution in [0.1, 0.15) is 31.2 Å². The first-order valence-corrected chi connectivity index (χ1v) is 13.4. The van der Waals surface area contributed by atoms with E-state index in [4.69, 9.17) is 27.9 Å². The molecule has 0 fully saturated rings. The summed E-state index contributed by atoms with van der Waals surface area (Å²) in [6.07, 6.45) is 0. The van der Waals surface area contributed by atoms with Crippen molar-refractivity contribution in [3.63, 3.8) is 0 Å². The molecule has 0 aliphatic rings. The highest BCUT2D eigenvalue weighted by Gasteiger charge is 2.20. The van der Waals surface area contributed by atoms with E-state index in [1.807, 2.05) is 72.8 Å². The minimum Gasteiger partial charge on any atom is -0.487 e. The molecule has 2 N–H and O–H groups in total. The average molecular weight is 561 g/mol.